The monoisotopic (exact) mass is 359 g/mol. The van der Waals surface area contributed by atoms with Gasteiger partial charge in [0.1, 0.15) is 5.75 Å². The predicted octanol–water partition coefficient (Wildman–Crippen LogP) is 5.17. The number of hydrogen-bond donors (Lipinski definition) is 1. The van der Waals surface area contributed by atoms with Gasteiger partial charge in [0.05, 0.1) is 11.4 Å². The molecule has 3 aromatic rings. The predicted molar refractivity (Wildman–Crippen MR) is 96.4 cm³/mol. The average Bonchev–Trinajstić information content (AvgIpc) is 2.61. The number of ether oxygens (including phenoxy) is 1. The molecule has 0 aliphatic heterocycles. The summed E-state index contributed by atoms with van der Waals surface area (Å²) in [6.45, 7) is -2.94. The maximum Gasteiger partial charge on any atom is 0.387 e. The first kappa shape index (κ1) is 17.2. The van der Waals surface area contributed by atoms with Crippen LogP contribution in [0.4, 0.5) is 14.5 Å². The van der Waals surface area contributed by atoms with Crippen molar-refractivity contribution in [3.8, 4) is 5.75 Å². The fraction of sp³-hybridized carbons (Fsp3) is 0.105. The third-order valence-corrected chi connectivity index (χ3v) is 4.46. The topological polar surface area (TPSA) is 38.3 Å². The molecule has 1 amide bonds. The molecule has 3 rings (SSSR count). The number of benzene rings is 3. The number of carbonyl (C=O) groups excluding carboxylic acids is 1. The first-order valence-corrected chi connectivity index (χ1v) is 8.56. The molecule has 128 valence electrons. The van der Waals surface area contributed by atoms with Crippen molar-refractivity contribution in [2.24, 2.45) is 0 Å². The highest BCUT2D eigenvalue weighted by molar-refractivity contribution is 8.00. The normalized spacial score (nSPS) is 10.8. The molecular weight excluding hydrogens is 344 g/mol. The van der Waals surface area contributed by atoms with Crippen molar-refractivity contribution in [2.75, 3.05) is 11.1 Å². The van der Waals surface area contributed by atoms with Crippen LogP contribution in [0.5, 0.6) is 5.75 Å². The van der Waals surface area contributed by atoms with Crippen LogP contribution in [0.15, 0.2) is 71.6 Å². The molecule has 1 N–H and O–H groups in total. The Labute approximate surface area is 148 Å². The summed E-state index contributed by atoms with van der Waals surface area (Å²) in [4.78, 5) is 13.1. The molecule has 0 aliphatic carbocycles. The van der Waals surface area contributed by atoms with Crippen molar-refractivity contribution in [3.63, 3.8) is 0 Å². The van der Waals surface area contributed by atoms with Gasteiger partial charge >= 0.3 is 6.61 Å². The zero-order valence-electron chi connectivity index (χ0n) is 13.1. The smallest absolute Gasteiger partial charge is 0.387 e. The van der Waals surface area contributed by atoms with Gasteiger partial charge in [-0.1, -0.05) is 42.5 Å². The molecule has 3 aromatic carbocycles. The molecule has 0 bridgehead atoms. The summed E-state index contributed by atoms with van der Waals surface area (Å²) in [5, 5.41) is 4.84. The highest BCUT2D eigenvalue weighted by atomic mass is 32.2. The number of halogens is 2. The van der Waals surface area contributed by atoms with Gasteiger partial charge in [0.2, 0.25) is 5.91 Å². The Morgan fingerprint density at radius 3 is 2.52 bits per heavy atom. The number of hydrogen-bond acceptors (Lipinski definition) is 3. The number of para-hydroxylation sites is 2. The summed E-state index contributed by atoms with van der Waals surface area (Å²) in [5.41, 5.74) is 0.229. The molecule has 6 heteroatoms. The minimum atomic E-state index is -2.94. The summed E-state index contributed by atoms with van der Waals surface area (Å²) in [7, 11) is 0. The summed E-state index contributed by atoms with van der Waals surface area (Å²) in [6, 6.07) is 20.1. The zero-order valence-corrected chi connectivity index (χ0v) is 13.9. The maximum absolute atomic E-state index is 12.4. The van der Waals surface area contributed by atoms with Gasteiger partial charge in [0, 0.05) is 4.90 Å². The first-order valence-electron chi connectivity index (χ1n) is 7.57. The summed E-state index contributed by atoms with van der Waals surface area (Å²) in [5.74, 6) is -0.175. The van der Waals surface area contributed by atoms with E-state index in [1.165, 1.54) is 23.9 Å². The lowest BCUT2D eigenvalue weighted by molar-refractivity contribution is -0.113. The second kappa shape index (κ2) is 7.98. The highest BCUT2D eigenvalue weighted by Gasteiger charge is 2.11. The molecule has 0 saturated heterocycles. The van der Waals surface area contributed by atoms with E-state index in [4.69, 9.17) is 0 Å². The zero-order chi connectivity index (χ0) is 17.6. The number of rotatable bonds is 6. The summed E-state index contributed by atoms with van der Waals surface area (Å²) in [6.07, 6.45) is 0. The van der Waals surface area contributed by atoms with Gasteiger partial charge in [-0.3, -0.25) is 4.79 Å². The van der Waals surface area contributed by atoms with Crippen LogP contribution in [-0.2, 0) is 4.79 Å². The van der Waals surface area contributed by atoms with Crippen LogP contribution in [0.3, 0.4) is 0 Å². The molecular formula is C19H15F2NO2S. The van der Waals surface area contributed by atoms with Crippen LogP contribution in [0, 0.1) is 0 Å². The van der Waals surface area contributed by atoms with E-state index >= 15 is 0 Å². The number of fused-ring (bicyclic) bond motifs is 1. The van der Waals surface area contributed by atoms with Crippen LogP contribution < -0.4 is 10.1 Å². The Kier molecular flexibility index (Phi) is 5.50. The molecule has 0 aliphatic rings. The van der Waals surface area contributed by atoms with Gasteiger partial charge in [-0.2, -0.15) is 8.78 Å². The molecule has 0 atom stereocenters. The Hall–Kier alpha value is -2.60. The van der Waals surface area contributed by atoms with E-state index in [-0.39, 0.29) is 23.1 Å². The third-order valence-electron chi connectivity index (χ3n) is 3.47. The number of anilines is 1. The summed E-state index contributed by atoms with van der Waals surface area (Å²) >= 11 is 1.38. The van der Waals surface area contributed by atoms with Gasteiger partial charge in [-0.25, -0.2) is 0 Å². The second-order valence-electron chi connectivity index (χ2n) is 5.22. The van der Waals surface area contributed by atoms with Crippen LogP contribution in [0.2, 0.25) is 0 Å². The SMILES string of the molecule is O=C(CSc1ccc2ccccc2c1)Nc1ccccc1OC(F)F. The maximum atomic E-state index is 12.4. The van der Waals surface area contributed by atoms with Crippen molar-refractivity contribution in [3.05, 3.63) is 66.7 Å². The fourth-order valence-electron chi connectivity index (χ4n) is 2.36. The summed E-state index contributed by atoms with van der Waals surface area (Å²) < 4.78 is 29.2. The molecule has 0 radical (unpaired) electrons. The lowest BCUT2D eigenvalue weighted by atomic mass is 10.1. The standard InChI is InChI=1S/C19H15F2NO2S/c20-19(21)24-17-8-4-3-7-16(17)22-18(23)12-25-15-10-9-13-5-1-2-6-14(13)11-15/h1-11,19H,12H2,(H,22,23). The number of carbonyl (C=O) groups is 1. The van der Waals surface area contributed by atoms with Crippen molar-refractivity contribution in [1.29, 1.82) is 0 Å². The minimum absolute atomic E-state index is 0.0541. The van der Waals surface area contributed by atoms with E-state index in [2.05, 4.69) is 10.1 Å². The number of nitrogens with one attached hydrogen (secondary N) is 1. The van der Waals surface area contributed by atoms with Crippen molar-refractivity contribution >= 4 is 34.1 Å². The van der Waals surface area contributed by atoms with Gasteiger partial charge in [0.25, 0.3) is 0 Å². The molecule has 0 unspecified atom stereocenters. The van der Waals surface area contributed by atoms with Gasteiger partial charge < -0.3 is 10.1 Å². The van der Waals surface area contributed by atoms with Crippen LogP contribution >= 0.6 is 11.8 Å². The van der Waals surface area contributed by atoms with Crippen LogP contribution in [-0.4, -0.2) is 18.3 Å². The van der Waals surface area contributed by atoms with E-state index in [0.717, 1.165) is 15.7 Å². The highest BCUT2D eigenvalue weighted by Crippen LogP contribution is 2.27. The molecule has 0 aromatic heterocycles. The van der Waals surface area contributed by atoms with E-state index < -0.39 is 6.61 Å². The van der Waals surface area contributed by atoms with E-state index in [9.17, 15) is 13.6 Å². The Bertz CT molecular complexity index is 886. The fourth-order valence-corrected chi connectivity index (χ4v) is 3.11. The van der Waals surface area contributed by atoms with E-state index in [0.29, 0.717) is 0 Å². The third kappa shape index (κ3) is 4.70. The van der Waals surface area contributed by atoms with Crippen molar-refractivity contribution < 1.29 is 18.3 Å². The molecule has 0 heterocycles. The van der Waals surface area contributed by atoms with E-state index in [1.807, 2.05) is 42.5 Å². The van der Waals surface area contributed by atoms with Gasteiger partial charge in [0.15, 0.2) is 0 Å². The minimum Gasteiger partial charge on any atom is -0.433 e. The first-order chi connectivity index (χ1) is 12.1. The molecule has 3 nitrogen and oxygen atoms in total. The molecule has 0 saturated carbocycles. The van der Waals surface area contributed by atoms with Crippen molar-refractivity contribution in [1.82, 2.24) is 0 Å². The quantitative estimate of drug-likeness (QED) is 0.617. The average molecular weight is 359 g/mol. The van der Waals surface area contributed by atoms with Crippen molar-refractivity contribution in [2.45, 2.75) is 11.5 Å². The van der Waals surface area contributed by atoms with E-state index in [1.54, 1.807) is 12.1 Å². The molecule has 25 heavy (non-hydrogen) atoms. The second-order valence-corrected chi connectivity index (χ2v) is 6.27. The Morgan fingerprint density at radius 2 is 1.72 bits per heavy atom. The lowest BCUT2D eigenvalue weighted by Crippen LogP contribution is -2.15. The largest absolute Gasteiger partial charge is 0.433 e. The van der Waals surface area contributed by atoms with Gasteiger partial charge in [-0.15, -0.1) is 11.8 Å². The number of amides is 1. The Balaban J connectivity index is 1.63. The Morgan fingerprint density at radius 1 is 1.00 bits per heavy atom. The van der Waals surface area contributed by atoms with Crippen LogP contribution in [0.1, 0.15) is 0 Å². The van der Waals surface area contributed by atoms with Gasteiger partial charge in [-0.05, 0) is 35.0 Å². The lowest BCUT2D eigenvalue weighted by Gasteiger charge is -2.11. The molecule has 0 spiro atoms. The number of alkyl halides is 2. The molecule has 0 fully saturated rings. The van der Waals surface area contributed by atoms with Crippen LogP contribution in [0.25, 0.3) is 10.8 Å². The number of thioether (sulfide) groups is 1.